The average Bonchev–Trinajstić information content (AvgIpc) is 3.96. The van der Waals surface area contributed by atoms with Gasteiger partial charge < -0.3 is 87.7 Å². The molecule has 17 atom stereocenters. The van der Waals surface area contributed by atoms with E-state index in [-0.39, 0.29) is 50.6 Å². The maximum absolute atomic E-state index is 14.6. The number of nitrogens with zero attached hydrogens (tertiary/aromatic N) is 2. The molecule has 3 aliphatic heterocycles. The van der Waals surface area contributed by atoms with Crippen molar-refractivity contribution in [1.29, 1.82) is 0 Å². The smallest absolute Gasteiger partial charge is 0.248 e. The number of nitrogens with one attached hydrogen (secondary N) is 6. The maximum atomic E-state index is 14.6. The first-order chi connectivity index (χ1) is 37.4. The maximum Gasteiger partial charge on any atom is 0.248 e. The monoisotopic (exact) mass is 1120 g/mol. The Morgan fingerprint density at radius 2 is 1.33 bits per heavy atom. The minimum absolute atomic E-state index is 0.00114. The Morgan fingerprint density at radius 1 is 0.734 bits per heavy atom. The number of fused-ring (bicyclic) bond motifs is 2. The lowest BCUT2D eigenvalue weighted by molar-refractivity contribution is -0.148. The fourth-order valence-electron chi connectivity index (χ4n) is 10.4. The van der Waals surface area contributed by atoms with Crippen molar-refractivity contribution in [3.8, 4) is 5.75 Å². The molecule has 448 valence electrons. The van der Waals surface area contributed by atoms with Crippen molar-refractivity contribution in [2.45, 2.75) is 204 Å². The normalized spacial score (nSPS) is 29.2. The molecule has 3 saturated heterocycles. The zero-order valence-electron chi connectivity index (χ0n) is 46.7. The summed E-state index contributed by atoms with van der Waals surface area (Å²) < 4.78 is 5.48. The second-order valence-electron chi connectivity index (χ2n) is 22.0. The van der Waals surface area contributed by atoms with Gasteiger partial charge in [-0.15, -0.1) is 0 Å². The van der Waals surface area contributed by atoms with Crippen LogP contribution in [0.25, 0.3) is 0 Å². The molecule has 1 aromatic rings. The van der Waals surface area contributed by atoms with Gasteiger partial charge in [0, 0.05) is 51.4 Å². The number of amides is 7. The molecule has 7 amide bonds. The van der Waals surface area contributed by atoms with Crippen LogP contribution in [-0.4, -0.2) is 210 Å². The molecule has 0 radical (unpaired) electrons. The van der Waals surface area contributed by atoms with E-state index in [1.165, 1.54) is 37.6 Å². The predicted octanol–water partition coefficient (Wildman–Crippen LogP) is -2.38. The summed E-state index contributed by atoms with van der Waals surface area (Å²) >= 11 is 0. The highest BCUT2D eigenvalue weighted by Crippen LogP contribution is 2.28. The lowest BCUT2D eigenvalue weighted by atomic mass is 9.91. The molecule has 25 heteroatoms. The predicted molar refractivity (Wildman–Crippen MR) is 288 cm³/mol. The van der Waals surface area contributed by atoms with Crippen LogP contribution in [0.4, 0.5) is 0 Å². The van der Waals surface area contributed by atoms with Crippen molar-refractivity contribution < 1.29 is 79.2 Å². The second-order valence-corrected chi connectivity index (χ2v) is 22.0. The summed E-state index contributed by atoms with van der Waals surface area (Å²) in [4.78, 5) is 102. The van der Waals surface area contributed by atoms with Gasteiger partial charge in [-0.25, -0.2) is 0 Å². The van der Waals surface area contributed by atoms with Gasteiger partial charge >= 0.3 is 0 Å². The van der Waals surface area contributed by atoms with E-state index in [1.54, 1.807) is 0 Å². The van der Waals surface area contributed by atoms with Crippen LogP contribution in [0.5, 0.6) is 5.75 Å². The lowest BCUT2D eigenvalue weighted by Gasteiger charge is -2.34. The standard InChI is InChI=1S/C54H91N9O16/c1-7-29(2)24-30(3)14-12-10-8-9-11-13-15-40(69)57-37-26-39(68)48(56-21-23-79-22-20-55)61-52(76)44-45(70)31(4)27-63(44)54(78)42(33(6)65)59-51(75)43(47(72)46(71)34-16-18-35(66)19-17-34)60-50(74)38-25-36(67)28-62(38)53(77)41(32(5)64)58-49(37)73/h16-19,29-33,36-39,41-48,56,64-68,70-72H,7-15,20-28,55H2,1-6H3,(H,57,69)(H,58,73)(H,59,75)(H,60,74)(H,61,76)/t29?,30?,31-,32+,33+,36+,37+,38?,39+,41?,42?,43?,44?,45-,46-,47-,48?/m0/s1. The average molecular weight is 1120 g/mol. The molecular weight excluding hydrogens is 1030 g/mol. The van der Waals surface area contributed by atoms with Crippen LogP contribution in [0.1, 0.15) is 130 Å². The summed E-state index contributed by atoms with van der Waals surface area (Å²) in [5, 5.41) is 105. The van der Waals surface area contributed by atoms with Crippen molar-refractivity contribution in [2.75, 3.05) is 39.4 Å². The van der Waals surface area contributed by atoms with Gasteiger partial charge in [0.25, 0.3) is 0 Å². The first kappa shape index (κ1) is 66.4. The molecule has 0 aromatic heterocycles. The van der Waals surface area contributed by atoms with Gasteiger partial charge in [-0.05, 0) is 56.2 Å². The van der Waals surface area contributed by atoms with E-state index in [2.05, 4.69) is 52.7 Å². The summed E-state index contributed by atoms with van der Waals surface area (Å²) in [6.07, 6.45) is -6.45. The van der Waals surface area contributed by atoms with Gasteiger partial charge in [-0.3, -0.25) is 38.9 Å². The summed E-state index contributed by atoms with van der Waals surface area (Å²) in [5.41, 5.74) is 5.53. The van der Waals surface area contributed by atoms with Gasteiger partial charge in [0.2, 0.25) is 41.4 Å². The largest absolute Gasteiger partial charge is 0.508 e. The summed E-state index contributed by atoms with van der Waals surface area (Å²) in [6, 6.07) is -6.34. The summed E-state index contributed by atoms with van der Waals surface area (Å²) in [6.45, 7) is 9.99. The number of unbranched alkanes of at least 4 members (excludes halogenated alkanes) is 5. The first-order valence-corrected chi connectivity index (χ1v) is 28.1. The highest BCUT2D eigenvalue weighted by Gasteiger charge is 2.50. The van der Waals surface area contributed by atoms with Gasteiger partial charge in [0.15, 0.2) is 0 Å². The number of phenols is 1. The zero-order chi connectivity index (χ0) is 58.7. The van der Waals surface area contributed by atoms with Gasteiger partial charge in [-0.1, -0.05) is 84.8 Å². The minimum atomic E-state index is -2.27. The number of carbonyl (C=O) groups excluding carboxylic acids is 7. The van der Waals surface area contributed by atoms with Crippen LogP contribution >= 0.6 is 0 Å². The molecule has 1 aromatic carbocycles. The van der Waals surface area contributed by atoms with Gasteiger partial charge in [0.1, 0.15) is 60.4 Å². The lowest BCUT2D eigenvalue weighted by Crippen LogP contribution is -2.64. The molecule has 8 unspecified atom stereocenters. The summed E-state index contributed by atoms with van der Waals surface area (Å²) in [7, 11) is 0. The van der Waals surface area contributed by atoms with Crippen LogP contribution in [-0.2, 0) is 38.3 Å². The Kier molecular flexibility index (Phi) is 27.2. The van der Waals surface area contributed by atoms with Crippen LogP contribution in [0, 0.1) is 17.8 Å². The number of hydrogen-bond donors (Lipinski definition) is 15. The number of ether oxygens (including phenoxy) is 1. The Hall–Kier alpha value is -5.09. The molecule has 0 bridgehead atoms. The van der Waals surface area contributed by atoms with E-state index in [0.717, 1.165) is 62.2 Å². The Bertz CT molecular complexity index is 2120. The third kappa shape index (κ3) is 19.6. The fourth-order valence-corrected chi connectivity index (χ4v) is 10.4. The number of aliphatic hydroxyl groups excluding tert-OH is 7. The van der Waals surface area contributed by atoms with E-state index in [9.17, 15) is 74.4 Å². The molecular formula is C54H91N9O16. The topological polar surface area (TPSA) is 395 Å². The molecule has 3 heterocycles. The van der Waals surface area contributed by atoms with Crippen LogP contribution < -0.4 is 37.6 Å². The highest BCUT2D eigenvalue weighted by atomic mass is 16.5. The molecule has 0 saturated carbocycles. The minimum Gasteiger partial charge on any atom is -0.508 e. The van der Waals surface area contributed by atoms with Crippen molar-refractivity contribution >= 4 is 41.4 Å². The number of aliphatic hydroxyl groups is 7. The fraction of sp³-hybridized carbons (Fsp3) is 0.759. The van der Waals surface area contributed by atoms with Crippen molar-refractivity contribution in [2.24, 2.45) is 23.5 Å². The van der Waals surface area contributed by atoms with Crippen molar-refractivity contribution in [1.82, 2.24) is 41.7 Å². The SMILES string of the molecule is CCC(C)CC(C)CCCCCCCCC(=O)N[C@@H]1C[C@@H](O)C(NCCOCCN)NC(=O)C2[C@@H](O)[C@@H](C)CN2C(=O)C([C@@H](C)O)NC(=O)C([C@H](O)[C@@H](O)c2ccc(O)cc2)NC(=O)C2C[C@@H](O)CN2C(=O)C([C@@H](C)O)NC1=O. The van der Waals surface area contributed by atoms with E-state index < -0.39 is 152 Å². The number of nitrogens with two attached hydrogens (primary N) is 1. The third-order valence-electron chi connectivity index (χ3n) is 15.3. The van der Waals surface area contributed by atoms with E-state index in [1.807, 2.05) is 0 Å². The Labute approximate surface area is 463 Å². The quantitative estimate of drug-likeness (QED) is 0.0481. The molecule has 16 N–H and O–H groups in total. The molecule has 0 aliphatic carbocycles. The number of rotatable bonds is 24. The van der Waals surface area contributed by atoms with E-state index in [0.29, 0.717) is 24.7 Å². The van der Waals surface area contributed by atoms with E-state index in [4.69, 9.17) is 10.5 Å². The number of benzene rings is 1. The first-order valence-electron chi connectivity index (χ1n) is 28.1. The number of aromatic hydroxyl groups is 1. The molecule has 3 aliphatic rings. The molecule has 0 spiro atoms. The zero-order valence-corrected chi connectivity index (χ0v) is 46.7. The molecule has 79 heavy (non-hydrogen) atoms. The summed E-state index contributed by atoms with van der Waals surface area (Å²) in [5.74, 6) is -7.18. The third-order valence-corrected chi connectivity index (χ3v) is 15.3. The number of carbonyl (C=O) groups is 7. The Morgan fingerprint density at radius 3 is 1.95 bits per heavy atom. The van der Waals surface area contributed by atoms with Gasteiger partial charge in [0.05, 0.1) is 43.7 Å². The van der Waals surface area contributed by atoms with E-state index >= 15 is 0 Å². The van der Waals surface area contributed by atoms with Crippen LogP contribution in [0.3, 0.4) is 0 Å². The second kappa shape index (κ2) is 32.4. The number of hydrogen-bond acceptors (Lipinski definition) is 18. The van der Waals surface area contributed by atoms with Crippen molar-refractivity contribution in [3.05, 3.63) is 29.8 Å². The molecule has 3 fully saturated rings. The van der Waals surface area contributed by atoms with Crippen molar-refractivity contribution in [3.63, 3.8) is 0 Å². The Balaban J connectivity index is 1.74. The number of phenolic OH excluding ortho intramolecular Hbond substituents is 1. The van der Waals surface area contributed by atoms with Crippen LogP contribution in [0.15, 0.2) is 24.3 Å². The highest BCUT2D eigenvalue weighted by molar-refractivity contribution is 5.98. The molecule has 25 nitrogen and oxygen atoms in total. The van der Waals surface area contributed by atoms with Gasteiger partial charge in [-0.2, -0.15) is 0 Å². The molecule has 4 rings (SSSR count). The van der Waals surface area contributed by atoms with Crippen LogP contribution in [0.2, 0.25) is 0 Å².